The molecule has 8 nitrogen and oxygen atoms in total. The van der Waals surface area contributed by atoms with Gasteiger partial charge in [0.1, 0.15) is 17.7 Å². The van der Waals surface area contributed by atoms with E-state index in [2.05, 4.69) is 16.8 Å². The van der Waals surface area contributed by atoms with E-state index in [0.29, 0.717) is 29.7 Å². The van der Waals surface area contributed by atoms with E-state index < -0.39 is 23.9 Å². The van der Waals surface area contributed by atoms with Crippen LogP contribution in [0.5, 0.6) is 11.6 Å². The molecule has 1 aromatic heterocycles. The number of rotatable bonds is 7. The molecule has 0 aliphatic carbocycles. The lowest BCUT2D eigenvalue weighted by Gasteiger charge is -2.38. The molecular weight excluding hydrogens is 477 g/mol. The average Bonchev–Trinajstić information content (AvgIpc) is 3.08. The Balaban J connectivity index is 1.43. The minimum atomic E-state index is -0.979. The number of β-amino-alcohol motifs (C(OH)–C–C–N with tert-alkyl or cyclic N) is 1. The van der Waals surface area contributed by atoms with Gasteiger partial charge in [0, 0.05) is 56.1 Å². The number of nitrogens with zero attached hydrogens (tertiary/aromatic N) is 3. The van der Waals surface area contributed by atoms with Crippen molar-refractivity contribution < 1.29 is 28.9 Å². The third-order valence-corrected chi connectivity index (χ3v) is 7.38. The summed E-state index contributed by atoms with van der Waals surface area (Å²) in [7, 11) is 1.56. The molecule has 0 spiro atoms. The molecule has 5 atom stereocenters. The summed E-state index contributed by atoms with van der Waals surface area (Å²) in [5, 5.41) is 20.1. The first kappa shape index (κ1) is 25.3. The third-order valence-electron chi connectivity index (χ3n) is 7.08. The molecule has 10 heteroatoms. The van der Waals surface area contributed by atoms with Gasteiger partial charge in [-0.2, -0.15) is 0 Å². The van der Waals surface area contributed by atoms with Crippen molar-refractivity contribution >= 4 is 28.9 Å². The maximum atomic E-state index is 15.1. The summed E-state index contributed by atoms with van der Waals surface area (Å²) in [6.07, 6.45) is 1.32. The smallest absolute Gasteiger partial charge is 0.305 e. The number of carboxylic acids is 1. The SMILES string of the molecule is COc1cc(N2CCC(Oc3ccc(N4CC(O)C(C)C4CC(=O)O)c(F)c3)C(C)C2)c(Cl)cn1. The van der Waals surface area contributed by atoms with E-state index in [0.717, 1.165) is 12.1 Å². The lowest BCUT2D eigenvalue weighted by Crippen LogP contribution is -2.44. The Morgan fingerprint density at radius 2 is 2.03 bits per heavy atom. The van der Waals surface area contributed by atoms with Gasteiger partial charge in [0.15, 0.2) is 0 Å². The van der Waals surface area contributed by atoms with Gasteiger partial charge in [-0.15, -0.1) is 0 Å². The van der Waals surface area contributed by atoms with Crippen molar-refractivity contribution in [2.75, 3.05) is 36.5 Å². The maximum absolute atomic E-state index is 15.1. The predicted molar refractivity (Wildman–Crippen MR) is 131 cm³/mol. The Morgan fingerprint density at radius 3 is 2.69 bits per heavy atom. The van der Waals surface area contributed by atoms with Crippen molar-refractivity contribution in [3.63, 3.8) is 0 Å². The Bertz CT molecular complexity index is 1070. The van der Waals surface area contributed by atoms with Gasteiger partial charge in [0.05, 0.1) is 42.2 Å². The zero-order chi connectivity index (χ0) is 25.3. The van der Waals surface area contributed by atoms with Crippen molar-refractivity contribution in [3.8, 4) is 11.6 Å². The number of methoxy groups -OCH3 is 1. The highest BCUT2D eigenvalue weighted by Gasteiger charge is 2.40. The van der Waals surface area contributed by atoms with Crippen LogP contribution >= 0.6 is 11.6 Å². The van der Waals surface area contributed by atoms with Gasteiger partial charge in [-0.1, -0.05) is 25.4 Å². The molecule has 2 N–H and O–H groups in total. The summed E-state index contributed by atoms with van der Waals surface area (Å²) in [6, 6.07) is 5.99. The van der Waals surface area contributed by atoms with Crippen LogP contribution in [0.25, 0.3) is 0 Å². The summed E-state index contributed by atoms with van der Waals surface area (Å²) < 4.78 is 26.5. The van der Waals surface area contributed by atoms with Crippen molar-refractivity contribution in [2.45, 2.75) is 44.9 Å². The van der Waals surface area contributed by atoms with E-state index in [9.17, 15) is 15.0 Å². The van der Waals surface area contributed by atoms with Gasteiger partial charge in [0.25, 0.3) is 0 Å². The molecule has 0 saturated carbocycles. The molecule has 4 rings (SSSR count). The van der Waals surface area contributed by atoms with E-state index in [1.165, 1.54) is 6.07 Å². The number of halogens is 2. The second-order valence-corrected chi connectivity index (χ2v) is 9.81. The number of aliphatic hydroxyl groups excluding tert-OH is 1. The number of aromatic nitrogens is 1. The topological polar surface area (TPSA) is 95.4 Å². The number of aliphatic hydroxyl groups is 1. The van der Waals surface area contributed by atoms with Crippen molar-refractivity contribution in [1.82, 2.24) is 4.98 Å². The first-order valence-corrected chi connectivity index (χ1v) is 12.1. The third kappa shape index (κ3) is 5.41. The van der Waals surface area contributed by atoms with Crippen LogP contribution in [-0.4, -0.2) is 66.2 Å². The molecule has 0 radical (unpaired) electrons. The van der Waals surface area contributed by atoms with Crippen molar-refractivity contribution in [1.29, 1.82) is 0 Å². The minimum absolute atomic E-state index is 0.104. The average molecular weight is 508 g/mol. The second-order valence-electron chi connectivity index (χ2n) is 9.40. The number of aliphatic carboxylic acids is 1. The Kier molecular flexibility index (Phi) is 7.56. The van der Waals surface area contributed by atoms with Crippen LogP contribution in [0.4, 0.5) is 15.8 Å². The van der Waals surface area contributed by atoms with Crippen LogP contribution in [0.1, 0.15) is 26.7 Å². The summed E-state index contributed by atoms with van der Waals surface area (Å²) in [5.74, 6) is -0.690. The van der Waals surface area contributed by atoms with E-state index in [1.807, 2.05) is 6.07 Å². The number of piperidine rings is 1. The van der Waals surface area contributed by atoms with E-state index in [4.69, 9.17) is 21.1 Å². The summed E-state index contributed by atoms with van der Waals surface area (Å²) in [5.41, 5.74) is 1.13. The number of anilines is 2. The van der Waals surface area contributed by atoms with Gasteiger partial charge in [-0.25, -0.2) is 9.37 Å². The molecule has 35 heavy (non-hydrogen) atoms. The number of ether oxygens (including phenoxy) is 2. The van der Waals surface area contributed by atoms with E-state index >= 15 is 4.39 Å². The van der Waals surface area contributed by atoms with Crippen molar-refractivity contribution in [3.05, 3.63) is 41.3 Å². The quantitative estimate of drug-likeness (QED) is 0.583. The fourth-order valence-corrected chi connectivity index (χ4v) is 5.27. The number of hydrogen-bond acceptors (Lipinski definition) is 7. The number of hydrogen-bond donors (Lipinski definition) is 2. The number of benzene rings is 1. The minimum Gasteiger partial charge on any atom is -0.490 e. The molecule has 2 fully saturated rings. The highest BCUT2D eigenvalue weighted by molar-refractivity contribution is 6.33. The summed E-state index contributed by atoms with van der Waals surface area (Å²) in [6.45, 7) is 5.48. The number of carbonyl (C=O) groups is 1. The Morgan fingerprint density at radius 1 is 1.26 bits per heavy atom. The number of pyridine rings is 1. The molecule has 1 aromatic carbocycles. The lowest BCUT2D eigenvalue weighted by atomic mass is 9.96. The monoisotopic (exact) mass is 507 g/mol. The van der Waals surface area contributed by atoms with Gasteiger partial charge in [-0.05, 0) is 12.1 Å². The van der Waals surface area contributed by atoms with Gasteiger partial charge in [0.2, 0.25) is 5.88 Å². The molecule has 2 aliphatic heterocycles. The lowest BCUT2D eigenvalue weighted by molar-refractivity contribution is -0.137. The Hall–Kier alpha value is -2.78. The van der Waals surface area contributed by atoms with Crippen LogP contribution in [0.3, 0.4) is 0 Å². The van der Waals surface area contributed by atoms with Crippen LogP contribution in [0.15, 0.2) is 30.5 Å². The molecule has 2 saturated heterocycles. The molecule has 3 heterocycles. The van der Waals surface area contributed by atoms with Gasteiger partial charge < -0.3 is 29.5 Å². The predicted octanol–water partition coefficient (Wildman–Crippen LogP) is 3.84. The van der Waals surface area contributed by atoms with Crippen LogP contribution < -0.4 is 19.3 Å². The van der Waals surface area contributed by atoms with Crippen LogP contribution in [0, 0.1) is 17.7 Å². The standard InChI is InChI=1S/C25H31ClFN3O5/c1-14-12-29(21-9-24(34-3)28-11-17(21)26)7-6-23(14)35-16-4-5-19(18(27)8-16)30-13-22(31)15(2)20(30)10-25(32)33/h4-5,8-9,11,14-15,20,22-23,31H,6-7,10,12-13H2,1-3H3,(H,32,33). The molecule has 0 bridgehead atoms. The molecule has 0 amide bonds. The summed E-state index contributed by atoms with van der Waals surface area (Å²) in [4.78, 5) is 19.2. The fraction of sp³-hybridized carbons (Fsp3) is 0.520. The van der Waals surface area contributed by atoms with E-state index in [-0.39, 0.29) is 36.6 Å². The highest BCUT2D eigenvalue weighted by atomic mass is 35.5. The molecule has 5 unspecified atom stereocenters. The Labute approximate surface area is 209 Å². The van der Waals surface area contributed by atoms with E-state index in [1.54, 1.807) is 37.3 Å². The van der Waals surface area contributed by atoms with Gasteiger partial charge >= 0.3 is 5.97 Å². The van der Waals surface area contributed by atoms with Crippen LogP contribution in [0.2, 0.25) is 5.02 Å². The fourth-order valence-electron chi connectivity index (χ4n) is 5.05. The number of carboxylic acid groups (broad SMARTS) is 1. The molecule has 2 aromatic rings. The first-order valence-electron chi connectivity index (χ1n) is 11.7. The van der Waals surface area contributed by atoms with Gasteiger partial charge in [-0.3, -0.25) is 4.79 Å². The second kappa shape index (κ2) is 10.5. The normalized spacial score (nSPS) is 26.6. The maximum Gasteiger partial charge on any atom is 0.305 e. The summed E-state index contributed by atoms with van der Waals surface area (Å²) >= 11 is 6.36. The largest absolute Gasteiger partial charge is 0.490 e. The highest BCUT2D eigenvalue weighted by Crippen LogP contribution is 2.36. The van der Waals surface area contributed by atoms with Crippen molar-refractivity contribution in [2.24, 2.45) is 11.8 Å². The molecular formula is C25H31ClFN3O5. The molecule has 2 aliphatic rings. The molecule has 190 valence electrons. The zero-order valence-electron chi connectivity index (χ0n) is 20.0. The zero-order valence-corrected chi connectivity index (χ0v) is 20.8. The van der Waals surface area contributed by atoms with Crippen LogP contribution in [-0.2, 0) is 4.79 Å². The first-order chi connectivity index (χ1) is 16.7.